The number of carbonyl (C=O) groups excluding carboxylic acids is 1. The third-order valence-corrected chi connectivity index (χ3v) is 3.46. The molecule has 5 nitrogen and oxygen atoms in total. The highest BCUT2D eigenvalue weighted by Crippen LogP contribution is 2.45. The van der Waals surface area contributed by atoms with E-state index in [0.29, 0.717) is 18.8 Å². The van der Waals surface area contributed by atoms with E-state index in [2.05, 4.69) is 10.6 Å². The molecule has 1 aliphatic carbocycles. The molecule has 0 aliphatic heterocycles. The molecule has 0 spiro atoms. The van der Waals surface area contributed by atoms with E-state index < -0.39 is 11.4 Å². The van der Waals surface area contributed by atoms with Crippen molar-refractivity contribution in [1.82, 2.24) is 10.6 Å². The number of carbonyl (C=O) groups is 2. The first-order valence-corrected chi connectivity index (χ1v) is 6.19. The van der Waals surface area contributed by atoms with Gasteiger partial charge in [0.2, 0.25) is 0 Å². The van der Waals surface area contributed by atoms with Crippen molar-refractivity contribution in [1.29, 1.82) is 0 Å². The highest BCUT2D eigenvalue weighted by atomic mass is 16.4. The summed E-state index contributed by atoms with van der Waals surface area (Å²) in [7, 11) is 0. The molecule has 1 unspecified atom stereocenters. The number of nitrogens with one attached hydrogen (secondary N) is 2. The van der Waals surface area contributed by atoms with Crippen LogP contribution in [0.4, 0.5) is 4.79 Å². The Kier molecular flexibility index (Phi) is 4.37. The van der Waals surface area contributed by atoms with Gasteiger partial charge in [-0.25, -0.2) is 4.79 Å². The minimum Gasteiger partial charge on any atom is -0.481 e. The van der Waals surface area contributed by atoms with Gasteiger partial charge in [0.1, 0.15) is 0 Å². The summed E-state index contributed by atoms with van der Waals surface area (Å²) >= 11 is 0. The first-order chi connectivity index (χ1) is 7.91. The van der Waals surface area contributed by atoms with Crippen LogP contribution in [-0.4, -0.2) is 29.7 Å². The van der Waals surface area contributed by atoms with Crippen LogP contribution < -0.4 is 10.6 Å². The molecule has 1 atom stereocenters. The second-order valence-electron chi connectivity index (χ2n) is 5.17. The number of carboxylic acid groups (broad SMARTS) is 1. The highest BCUT2D eigenvalue weighted by molar-refractivity contribution is 5.80. The van der Waals surface area contributed by atoms with E-state index >= 15 is 0 Å². The van der Waals surface area contributed by atoms with E-state index in [9.17, 15) is 9.59 Å². The van der Waals surface area contributed by atoms with E-state index in [4.69, 9.17) is 5.11 Å². The van der Waals surface area contributed by atoms with Gasteiger partial charge in [0, 0.05) is 12.6 Å². The molecule has 1 rings (SSSR count). The topological polar surface area (TPSA) is 78.4 Å². The van der Waals surface area contributed by atoms with Crippen LogP contribution >= 0.6 is 0 Å². The minimum absolute atomic E-state index is 0.134. The number of aliphatic carboxylic acids is 1. The summed E-state index contributed by atoms with van der Waals surface area (Å²) in [6.45, 7) is 6.34. The van der Waals surface area contributed by atoms with Crippen LogP contribution in [0.2, 0.25) is 0 Å². The Hall–Kier alpha value is -1.26. The molecule has 0 bridgehead atoms. The summed E-state index contributed by atoms with van der Waals surface area (Å²) in [4.78, 5) is 22.5. The zero-order chi connectivity index (χ0) is 13.1. The van der Waals surface area contributed by atoms with Gasteiger partial charge in [0.25, 0.3) is 0 Å². The first kappa shape index (κ1) is 13.8. The lowest BCUT2D eigenvalue weighted by atomic mass is 10.0. The second-order valence-corrected chi connectivity index (χ2v) is 5.17. The molecule has 0 heterocycles. The zero-order valence-corrected chi connectivity index (χ0v) is 10.7. The summed E-state index contributed by atoms with van der Waals surface area (Å²) in [5.74, 6) is -0.436. The fourth-order valence-corrected chi connectivity index (χ4v) is 1.83. The fourth-order valence-electron chi connectivity index (χ4n) is 1.83. The standard InChI is InChI=1S/C12H22N2O3/c1-4-9(8(2)3)14-11(17)13-7-12(5-6-12)10(15)16/h8-9H,4-7H2,1-3H3,(H,15,16)(H2,13,14,17). The summed E-state index contributed by atoms with van der Waals surface area (Å²) in [6.07, 6.45) is 2.18. The van der Waals surface area contributed by atoms with Crippen molar-refractivity contribution in [2.45, 2.75) is 46.1 Å². The van der Waals surface area contributed by atoms with Crippen LogP contribution in [0, 0.1) is 11.3 Å². The second kappa shape index (κ2) is 5.38. The normalized spacial score (nSPS) is 18.6. The van der Waals surface area contributed by atoms with Crippen LogP contribution in [0.25, 0.3) is 0 Å². The van der Waals surface area contributed by atoms with Gasteiger partial charge in [0.15, 0.2) is 0 Å². The van der Waals surface area contributed by atoms with Gasteiger partial charge in [-0.1, -0.05) is 20.8 Å². The van der Waals surface area contributed by atoms with Crippen LogP contribution in [0.5, 0.6) is 0 Å². The average Bonchev–Trinajstić information content (AvgIpc) is 3.03. The number of hydrogen-bond donors (Lipinski definition) is 3. The average molecular weight is 242 g/mol. The predicted octanol–water partition coefficient (Wildman–Crippen LogP) is 1.58. The Morgan fingerprint density at radius 3 is 2.29 bits per heavy atom. The molecule has 1 aliphatic rings. The van der Waals surface area contributed by atoms with Crippen molar-refractivity contribution < 1.29 is 14.7 Å². The van der Waals surface area contributed by atoms with Crippen molar-refractivity contribution in [2.75, 3.05) is 6.54 Å². The van der Waals surface area contributed by atoms with Gasteiger partial charge < -0.3 is 15.7 Å². The maximum Gasteiger partial charge on any atom is 0.315 e. The monoisotopic (exact) mass is 242 g/mol. The zero-order valence-electron chi connectivity index (χ0n) is 10.7. The van der Waals surface area contributed by atoms with Crippen LogP contribution in [0.15, 0.2) is 0 Å². The Morgan fingerprint density at radius 1 is 1.35 bits per heavy atom. The fraction of sp³-hybridized carbons (Fsp3) is 0.833. The highest BCUT2D eigenvalue weighted by Gasteiger charge is 2.50. The lowest BCUT2D eigenvalue weighted by Gasteiger charge is -2.21. The Labute approximate surface area is 102 Å². The molecule has 5 heteroatoms. The lowest BCUT2D eigenvalue weighted by molar-refractivity contribution is -0.143. The molecule has 0 saturated heterocycles. The SMILES string of the molecule is CCC(NC(=O)NCC1(C(=O)O)CC1)C(C)C. The third kappa shape index (κ3) is 3.61. The van der Waals surface area contributed by atoms with Crippen LogP contribution in [0.1, 0.15) is 40.0 Å². The molecule has 98 valence electrons. The smallest absolute Gasteiger partial charge is 0.315 e. The van der Waals surface area contributed by atoms with Crippen molar-refractivity contribution in [3.8, 4) is 0 Å². The van der Waals surface area contributed by atoms with Crippen LogP contribution in [0.3, 0.4) is 0 Å². The number of carboxylic acids is 1. The molecule has 1 fully saturated rings. The predicted molar refractivity (Wildman–Crippen MR) is 64.8 cm³/mol. The minimum atomic E-state index is -0.811. The molecule has 3 N–H and O–H groups in total. The lowest BCUT2D eigenvalue weighted by Crippen LogP contribution is -2.46. The Balaban J connectivity index is 2.33. The van der Waals surface area contributed by atoms with E-state index in [-0.39, 0.29) is 18.6 Å². The van der Waals surface area contributed by atoms with E-state index in [1.54, 1.807) is 0 Å². The van der Waals surface area contributed by atoms with E-state index in [1.165, 1.54) is 0 Å². The van der Waals surface area contributed by atoms with Crippen molar-refractivity contribution in [3.63, 3.8) is 0 Å². The molecule has 0 radical (unpaired) electrons. The third-order valence-electron chi connectivity index (χ3n) is 3.46. The summed E-state index contributed by atoms with van der Waals surface area (Å²) in [6, 6.07) is -0.131. The summed E-state index contributed by atoms with van der Waals surface area (Å²) in [5.41, 5.74) is -0.698. The first-order valence-electron chi connectivity index (χ1n) is 6.19. The Morgan fingerprint density at radius 2 is 1.94 bits per heavy atom. The van der Waals surface area contributed by atoms with Crippen molar-refractivity contribution in [3.05, 3.63) is 0 Å². The Bertz CT molecular complexity index is 298. The van der Waals surface area contributed by atoms with Crippen molar-refractivity contribution in [2.24, 2.45) is 11.3 Å². The summed E-state index contributed by atoms with van der Waals surface area (Å²) in [5, 5.41) is 14.5. The number of hydrogen-bond acceptors (Lipinski definition) is 2. The molecule has 0 aromatic carbocycles. The number of amides is 2. The van der Waals surface area contributed by atoms with Gasteiger partial charge in [0.05, 0.1) is 5.41 Å². The molecular formula is C12H22N2O3. The van der Waals surface area contributed by atoms with Gasteiger partial charge in [-0.05, 0) is 25.2 Å². The number of rotatable bonds is 6. The number of urea groups is 1. The van der Waals surface area contributed by atoms with Gasteiger partial charge in [-0.2, -0.15) is 0 Å². The van der Waals surface area contributed by atoms with Gasteiger partial charge in [-0.3, -0.25) is 4.79 Å². The molecule has 0 aromatic heterocycles. The quantitative estimate of drug-likeness (QED) is 0.661. The maximum atomic E-state index is 11.6. The van der Waals surface area contributed by atoms with E-state index in [1.807, 2.05) is 20.8 Å². The molecule has 0 aromatic rings. The van der Waals surface area contributed by atoms with Crippen molar-refractivity contribution >= 4 is 12.0 Å². The molecule has 17 heavy (non-hydrogen) atoms. The molecule has 1 saturated carbocycles. The van der Waals surface area contributed by atoms with Gasteiger partial charge in [-0.15, -0.1) is 0 Å². The molecule has 2 amide bonds. The largest absolute Gasteiger partial charge is 0.481 e. The summed E-state index contributed by atoms with van der Waals surface area (Å²) < 4.78 is 0. The van der Waals surface area contributed by atoms with E-state index in [0.717, 1.165) is 6.42 Å². The van der Waals surface area contributed by atoms with Crippen LogP contribution in [-0.2, 0) is 4.79 Å². The maximum absolute atomic E-state index is 11.6. The van der Waals surface area contributed by atoms with Gasteiger partial charge >= 0.3 is 12.0 Å². The molecular weight excluding hydrogens is 220 g/mol.